The highest BCUT2D eigenvalue weighted by Crippen LogP contribution is 2.11. The van der Waals surface area contributed by atoms with Crippen molar-refractivity contribution in [3.8, 4) is 0 Å². The average molecular weight is 414 g/mol. The molecule has 172 valence electrons. The predicted octanol–water partition coefficient (Wildman–Crippen LogP) is 4.59. The molecule has 0 aliphatic heterocycles. The lowest BCUT2D eigenvalue weighted by atomic mass is 10.1. The van der Waals surface area contributed by atoms with E-state index in [-0.39, 0.29) is 19.1 Å². The largest absolute Gasteiger partial charge is 0.394 e. The minimum absolute atomic E-state index is 0.0747. The summed E-state index contributed by atoms with van der Waals surface area (Å²) in [6, 6.07) is 0. The maximum absolute atomic E-state index is 12.0. The molecule has 0 aromatic heterocycles. The summed E-state index contributed by atoms with van der Waals surface area (Å²) in [5.41, 5.74) is 0. The van der Waals surface area contributed by atoms with Crippen LogP contribution in [0.25, 0.3) is 0 Å². The van der Waals surface area contributed by atoms with Crippen LogP contribution in [0.5, 0.6) is 0 Å². The van der Waals surface area contributed by atoms with Gasteiger partial charge in [0, 0.05) is 13.1 Å². The summed E-state index contributed by atoms with van der Waals surface area (Å²) in [6.07, 6.45) is 19.9. The molecule has 0 saturated carbocycles. The smallest absolute Gasteiger partial charge is 0.251 e. The predicted molar refractivity (Wildman–Crippen MR) is 121 cm³/mol. The van der Waals surface area contributed by atoms with Crippen LogP contribution in [0, 0.1) is 0 Å². The van der Waals surface area contributed by atoms with Gasteiger partial charge < -0.3 is 20.2 Å². The normalized spacial score (nSPS) is 13.7. The first-order valence-electron chi connectivity index (χ1n) is 11.9. The molecule has 0 bridgehead atoms. The summed E-state index contributed by atoms with van der Waals surface area (Å²) in [7, 11) is 0. The van der Waals surface area contributed by atoms with Gasteiger partial charge >= 0.3 is 0 Å². The van der Waals surface area contributed by atoms with Gasteiger partial charge in [0.1, 0.15) is 6.10 Å². The van der Waals surface area contributed by atoms with Gasteiger partial charge in [-0.2, -0.15) is 0 Å². The Labute approximate surface area is 179 Å². The molecule has 2 unspecified atom stereocenters. The first-order valence-corrected chi connectivity index (χ1v) is 11.9. The van der Waals surface area contributed by atoms with Crippen LogP contribution in [0.3, 0.4) is 0 Å². The Kier molecular flexibility index (Phi) is 19.7. The molecule has 0 rings (SSSR count). The Hall–Kier alpha value is -0.910. The van der Waals surface area contributed by atoms with E-state index in [0.29, 0.717) is 6.54 Å². The molecule has 5 heteroatoms. The SMILES string of the molecule is CCCCCCCCC=CCCCCCCCCN(CC(O)CO)C(=O)C(C)O. The topological polar surface area (TPSA) is 81.0 Å². The lowest BCUT2D eigenvalue weighted by Crippen LogP contribution is -2.43. The van der Waals surface area contributed by atoms with Gasteiger partial charge in [-0.3, -0.25) is 4.79 Å². The molecule has 0 aromatic rings. The monoisotopic (exact) mass is 413 g/mol. The van der Waals surface area contributed by atoms with Gasteiger partial charge in [0.05, 0.1) is 12.7 Å². The number of hydrogen-bond donors (Lipinski definition) is 3. The number of carbonyl (C=O) groups excluding carboxylic acids is 1. The number of hydrogen-bond acceptors (Lipinski definition) is 4. The minimum Gasteiger partial charge on any atom is -0.394 e. The van der Waals surface area contributed by atoms with E-state index in [1.807, 2.05) is 0 Å². The van der Waals surface area contributed by atoms with Crippen molar-refractivity contribution in [1.29, 1.82) is 0 Å². The molecular weight excluding hydrogens is 366 g/mol. The quantitative estimate of drug-likeness (QED) is 0.201. The first kappa shape index (κ1) is 28.1. The van der Waals surface area contributed by atoms with Crippen molar-refractivity contribution in [1.82, 2.24) is 4.90 Å². The van der Waals surface area contributed by atoms with E-state index in [0.717, 1.165) is 19.3 Å². The summed E-state index contributed by atoms with van der Waals surface area (Å²) in [6.45, 7) is 3.90. The Balaban J connectivity index is 3.60. The Morgan fingerprint density at radius 1 is 0.828 bits per heavy atom. The summed E-state index contributed by atoms with van der Waals surface area (Å²) in [4.78, 5) is 13.4. The third-order valence-electron chi connectivity index (χ3n) is 5.25. The van der Waals surface area contributed by atoms with E-state index in [1.165, 1.54) is 82.5 Å². The fourth-order valence-electron chi connectivity index (χ4n) is 3.42. The number of allylic oxidation sites excluding steroid dienone is 2. The van der Waals surface area contributed by atoms with Crippen LogP contribution in [0.4, 0.5) is 0 Å². The molecule has 0 saturated heterocycles. The lowest BCUT2D eigenvalue weighted by molar-refractivity contribution is -0.141. The minimum atomic E-state index is -1.07. The lowest BCUT2D eigenvalue weighted by Gasteiger charge is -2.26. The van der Waals surface area contributed by atoms with E-state index >= 15 is 0 Å². The van der Waals surface area contributed by atoms with Gasteiger partial charge in [-0.05, 0) is 39.0 Å². The molecule has 3 N–H and O–H groups in total. The molecule has 29 heavy (non-hydrogen) atoms. The van der Waals surface area contributed by atoms with Crippen molar-refractivity contribution < 1.29 is 20.1 Å². The van der Waals surface area contributed by atoms with Crippen LogP contribution in [0.2, 0.25) is 0 Å². The number of rotatable bonds is 20. The highest BCUT2D eigenvalue weighted by molar-refractivity contribution is 5.80. The van der Waals surface area contributed by atoms with Crippen molar-refractivity contribution in [2.75, 3.05) is 19.7 Å². The second kappa shape index (κ2) is 20.4. The molecule has 0 aliphatic rings. The van der Waals surface area contributed by atoms with E-state index in [4.69, 9.17) is 5.11 Å². The molecule has 0 spiro atoms. The second-order valence-electron chi connectivity index (χ2n) is 8.23. The van der Waals surface area contributed by atoms with E-state index in [2.05, 4.69) is 19.1 Å². The second-order valence-corrected chi connectivity index (χ2v) is 8.23. The van der Waals surface area contributed by atoms with Crippen molar-refractivity contribution in [2.45, 2.75) is 116 Å². The molecule has 0 heterocycles. The molecule has 0 radical (unpaired) electrons. The van der Waals surface area contributed by atoms with Gasteiger partial charge in [0.15, 0.2) is 0 Å². The zero-order chi connectivity index (χ0) is 21.7. The summed E-state index contributed by atoms with van der Waals surface area (Å²) in [5, 5.41) is 28.0. The average Bonchev–Trinajstić information content (AvgIpc) is 2.71. The van der Waals surface area contributed by atoms with Crippen LogP contribution in [0.15, 0.2) is 12.2 Å². The number of aliphatic hydroxyl groups is 3. The van der Waals surface area contributed by atoms with Gasteiger partial charge in [-0.15, -0.1) is 0 Å². The standard InChI is InChI=1S/C24H47NO4/c1-3-4-5-6-7-8-9-10-11-12-13-14-15-16-17-18-19-25(20-23(28)21-26)24(29)22(2)27/h10-11,22-23,26-28H,3-9,12-21H2,1-2H3. The van der Waals surface area contributed by atoms with Crippen molar-refractivity contribution >= 4 is 5.91 Å². The zero-order valence-corrected chi connectivity index (χ0v) is 19.0. The van der Waals surface area contributed by atoms with Crippen LogP contribution in [0.1, 0.15) is 104 Å². The van der Waals surface area contributed by atoms with Gasteiger partial charge in [0.25, 0.3) is 5.91 Å². The Morgan fingerprint density at radius 2 is 1.31 bits per heavy atom. The Morgan fingerprint density at radius 3 is 1.79 bits per heavy atom. The van der Waals surface area contributed by atoms with Crippen molar-refractivity contribution in [3.63, 3.8) is 0 Å². The van der Waals surface area contributed by atoms with E-state index < -0.39 is 12.2 Å². The number of aliphatic hydroxyl groups excluding tert-OH is 3. The number of amides is 1. The van der Waals surface area contributed by atoms with Gasteiger partial charge in [-0.1, -0.05) is 76.9 Å². The van der Waals surface area contributed by atoms with Crippen LogP contribution in [-0.4, -0.2) is 58.0 Å². The first-order chi connectivity index (χ1) is 14.0. The molecule has 2 atom stereocenters. The molecule has 0 aromatic carbocycles. The van der Waals surface area contributed by atoms with Crippen LogP contribution >= 0.6 is 0 Å². The van der Waals surface area contributed by atoms with Gasteiger partial charge in [0.2, 0.25) is 0 Å². The van der Waals surface area contributed by atoms with E-state index in [1.54, 1.807) is 0 Å². The fourth-order valence-corrected chi connectivity index (χ4v) is 3.42. The number of nitrogens with zero attached hydrogens (tertiary/aromatic N) is 1. The van der Waals surface area contributed by atoms with Crippen molar-refractivity contribution in [2.24, 2.45) is 0 Å². The highest BCUT2D eigenvalue weighted by atomic mass is 16.3. The molecule has 1 amide bonds. The molecular formula is C24H47NO4. The number of carbonyl (C=O) groups is 1. The molecule has 5 nitrogen and oxygen atoms in total. The maximum Gasteiger partial charge on any atom is 0.251 e. The summed E-state index contributed by atoms with van der Waals surface area (Å²) in [5.74, 6) is -0.384. The van der Waals surface area contributed by atoms with Crippen LogP contribution in [-0.2, 0) is 4.79 Å². The van der Waals surface area contributed by atoms with Crippen LogP contribution < -0.4 is 0 Å². The fraction of sp³-hybridized carbons (Fsp3) is 0.875. The third-order valence-corrected chi connectivity index (χ3v) is 5.25. The Bertz CT molecular complexity index is 398. The molecule has 0 fully saturated rings. The molecule has 0 aliphatic carbocycles. The van der Waals surface area contributed by atoms with E-state index in [9.17, 15) is 15.0 Å². The summed E-state index contributed by atoms with van der Waals surface area (Å²) >= 11 is 0. The zero-order valence-electron chi connectivity index (χ0n) is 19.0. The highest BCUT2D eigenvalue weighted by Gasteiger charge is 2.20. The maximum atomic E-state index is 12.0. The third kappa shape index (κ3) is 17.6. The number of unbranched alkanes of at least 4 members (excludes halogenated alkanes) is 12. The van der Waals surface area contributed by atoms with Gasteiger partial charge in [-0.25, -0.2) is 0 Å². The van der Waals surface area contributed by atoms with Crippen molar-refractivity contribution in [3.05, 3.63) is 12.2 Å². The summed E-state index contributed by atoms with van der Waals surface area (Å²) < 4.78 is 0.